The van der Waals surface area contributed by atoms with Gasteiger partial charge in [-0.25, -0.2) is 4.98 Å². The number of aromatic nitrogens is 1. The van der Waals surface area contributed by atoms with Gasteiger partial charge in [-0.3, -0.25) is 9.69 Å². The second kappa shape index (κ2) is 9.23. The Bertz CT molecular complexity index is 776. The minimum absolute atomic E-state index is 0.203. The first kappa shape index (κ1) is 19.6. The second-order valence-electron chi connectivity index (χ2n) is 8.23. The Morgan fingerprint density at radius 1 is 1.18 bits per heavy atom. The highest BCUT2D eigenvalue weighted by Gasteiger charge is 2.24. The van der Waals surface area contributed by atoms with E-state index in [1.807, 2.05) is 13.1 Å². The normalized spacial score (nSPS) is 23.8. The van der Waals surface area contributed by atoms with E-state index in [0.29, 0.717) is 12.5 Å². The highest BCUT2D eigenvalue weighted by Crippen LogP contribution is 2.30. The fourth-order valence-corrected chi connectivity index (χ4v) is 5.49. The van der Waals surface area contributed by atoms with Gasteiger partial charge in [0.2, 0.25) is 5.91 Å². The summed E-state index contributed by atoms with van der Waals surface area (Å²) < 4.78 is 1.32. The van der Waals surface area contributed by atoms with Crippen molar-refractivity contribution >= 4 is 33.1 Å². The van der Waals surface area contributed by atoms with Gasteiger partial charge in [-0.15, -0.1) is 11.3 Å². The molecule has 1 aliphatic heterocycles. The van der Waals surface area contributed by atoms with E-state index in [4.69, 9.17) is 0 Å². The highest BCUT2D eigenvalue weighted by molar-refractivity contribution is 7.17. The maximum absolute atomic E-state index is 11.6. The number of hydrogen-bond acceptors (Lipinski definition) is 5. The lowest BCUT2D eigenvalue weighted by Crippen LogP contribution is -2.47. The number of carbonyl (C=O) groups excluding carboxylic acids is 1. The average molecular weight is 401 g/mol. The summed E-state index contributed by atoms with van der Waals surface area (Å²) in [6, 6.07) is 4.71. The Morgan fingerprint density at radius 2 is 1.96 bits per heavy atom. The van der Waals surface area contributed by atoms with Crippen LogP contribution >= 0.6 is 11.3 Å². The third-order valence-corrected chi connectivity index (χ3v) is 7.33. The minimum Gasteiger partial charge on any atom is -0.353 e. The molecule has 28 heavy (non-hydrogen) atoms. The van der Waals surface area contributed by atoms with Crippen LogP contribution in [0.2, 0.25) is 0 Å². The molecule has 0 atom stereocenters. The summed E-state index contributed by atoms with van der Waals surface area (Å²) >= 11 is 1.80. The quantitative estimate of drug-likeness (QED) is 0.799. The molecule has 1 N–H and O–H groups in total. The molecule has 0 spiro atoms. The maximum Gasteiger partial charge on any atom is 0.219 e. The van der Waals surface area contributed by atoms with Gasteiger partial charge in [0, 0.05) is 44.8 Å². The largest absolute Gasteiger partial charge is 0.353 e. The van der Waals surface area contributed by atoms with Crippen molar-refractivity contribution in [2.45, 2.75) is 51.5 Å². The Labute approximate surface area is 172 Å². The van der Waals surface area contributed by atoms with Gasteiger partial charge in [-0.05, 0) is 67.5 Å². The number of piperazine rings is 1. The van der Waals surface area contributed by atoms with E-state index < -0.39 is 0 Å². The van der Waals surface area contributed by atoms with Crippen LogP contribution in [0, 0.1) is 5.92 Å². The first-order valence-electron chi connectivity index (χ1n) is 10.8. The molecule has 2 aliphatic rings. The lowest BCUT2D eigenvalue weighted by atomic mass is 9.84. The molecule has 0 radical (unpaired) electrons. The molecule has 2 aromatic heterocycles. The SMILES string of the molecule is CCC(=O)NC1CCC(CCN2CCN(c3nccc4ccsc34)CC2)CC1. The van der Waals surface area contributed by atoms with Crippen LogP contribution in [0.25, 0.3) is 10.1 Å². The first-order valence-corrected chi connectivity index (χ1v) is 11.7. The zero-order chi connectivity index (χ0) is 19.3. The summed E-state index contributed by atoms with van der Waals surface area (Å²) in [7, 11) is 0. The molecule has 4 rings (SSSR count). The Balaban J connectivity index is 1.19. The number of hydrogen-bond donors (Lipinski definition) is 1. The molecule has 0 unspecified atom stereocenters. The van der Waals surface area contributed by atoms with Gasteiger partial charge in [0.05, 0.1) is 4.70 Å². The smallest absolute Gasteiger partial charge is 0.219 e. The van der Waals surface area contributed by atoms with Crippen LogP contribution in [0.5, 0.6) is 0 Å². The summed E-state index contributed by atoms with van der Waals surface area (Å²) in [4.78, 5) is 21.3. The number of anilines is 1. The van der Waals surface area contributed by atoms with Crippen molar-refractivity contribution in [1.82, 2.24) is 15.2 Å². The molecule has 1 aliphatic carbocycles. The van der Waals surface area contributed by atoms with Crippen molar-refractivity contribution in [3.63, 3.8) is 0 Å². The van der Waals surface area contributed by atoms with Crippen LogP contribution < -0.4 is 10.2 Å². The van der Waals surface area contributed by atoms with Crippen molar-refractivity contribution < 1.29 is 4.79 Å². The lowest BCUT2D eigenvalue weighted by molar-refractivity contribution is -0.121. The van der Waals surface area contributed by atoms with Gasteiger partial charge in [-0.1, -0.05) is 6.92 Å². The predicted molar refractivity (Wildman–Crippen MR) is 117 cm³/mol. The molecule has 2 fully saturated rings. The lowest BCUT2D eigenvalue weighted by Gasteiger charge is -2.37. The standard InChI is InChI=1S/C22H32N4OS/c1-2-20(27)24-19-5-3-17(4-6-19)8-11-25-12-14-26(15-13-25)22-21-18(7-10-23-22)9-16-28-21/h7,9-10,16-17,19H,2-6,8,11-15H2,1H3,(H,24,27). The van der Waals surface area contributed by atoms with Gasteiger partial charge < -0.3 is 10.2 Å². The number of amides is 1. The third-order valence-electron chi connectivity index (χ3n) is 6.41. The van der Waals surface area contributed by atoms with Crippen LogP contribution in [0.4, 0.5) is 5.82 Å². The number of pyridine rings is 1. The van der Waals surface area contributed by atoms with Crippen molar-refractivity contribution in [3.05, 3.63) is 23.7 Å². The van der Waals surface area contributed by atoms with Crippen LogP contribution in [-0.4, -0.2) is 54.6 Å². The van der Waals surface area contributed by atoms with Crippen molar-refractivity contribution in [1.29, 1.82) is 0 Å². The highest BCUT2D eigenvalue weighted by atomic mass is 32.1. The van der Waals surface area contributed by atoms with Crippen LogP contribution in [0.3, 0.4) is 0 Å². The van der Waals surface area contributed by atoms with Crippen molar-refractivity contribution in [2.75, 3.05) is 37.6 Å². The molecule has 2 aromatic rings. The first-order chi connectivity index (χ1) is 13.7. The van der Waals surface area contributed by atoms with Crippen LogP contribution in [0.15, 0.2) is 23.7 Å². The van der Waals surface area contributed by atoms with E-state index in [1.54, 1.807) is 11.3 Å². The van der Waals surface area contributed by atoms with Gasteiger partial charge in [0.15, 0.2) is 0 Å². The van der Waals surface area contributed by atoms with Crippen LogP contribution in [0.1, 0.15) is 45.4 Å². The zero-order valence-electron chi connectivity index (χ0n) is 16.9. The van der Waals surface area contributed by atoms with Crippen molar-refractivity contribution in [2.24, 2.45) is 5.92 Å². The number of carbonyl (C=O) groups is 1. The van der Waals surface area contributed by atoms with Gasteiger partial charge in [0.1, 0.15) is 5.82 Å². The number of fused-ring (bicyclic) bond motifs is 1. The maximum atomic E-state index is 11.6. The van der Waals surface area contributed by atoms with Gasteiger partial charge in [-0.2, -0.15) is 0 Å². The fraction of sp³-hybridized carbons (Fsp3) is 0.636. The molecule has 152 valence electrons. The molecule has 1 saturated carbocycles. The Kier molecular flexibility index (Phi) is 6.47. The van der Waals surface area contributed by atoms with Gasteiger partial charge in [0.25, 0.3) is 0 Å². The molecule has 3 heterocycles. The van der Waals surface area contributed by atoms with E-state index in [0.717, 1.165) is 44.9 Å². The summed E-state index contributed by atoms with van der Waals surface area (Å²) in [5.74, 6) is 2.20. The summed E-state index contributed by atoms with van der Waals surface area (Å²) in [6.45, 7) is 7.54. The molecular weight excluding hydrogens is 368 g/mol. The second-order valence-corrected chi connectivity index (χ2v) is 9.15. The summed E-state index contributed by atoms with van der Waals surface area (Å²) in [5.41, 5.74) is 0. The average Bonchev–Trinajstić information content (AvgIpc) is 3.22. The monoisotopic (exact) mass is 400 g/mol. The fourth-order valence-electron chi connectivity index (χ4n) is 4.58. The van der Waals surface area contributed by atoms with Crippen LogP contribution in [-0.2, 0) is 4.79 Å². The number of thiophene rings is 1. The van der Waals surface area contributed by atoms with E-state index in [2.05, 4.69) is 37.6 Å². The molecule has 1 saturated heterocycles. The molecule has 0 bridgehead atoms. The molecule has 6 heteroatoms. The number of nitrogens with one attached hydrogen (secondary N) is 1. The Hall–Kier alpha value is -1.66. The third kappa shape index (κ3) is 4.66. The Morgan fingerprint density at radius 3 is 2.71 bits per heavy atom. The molecule has 0 aromatic carbocycles. The number of nitrogens with zero attached hydrogens (tertiary/aromatic N) is 3. The summed E-state index contributed by atoms with van der Waals surface area (Å²) in [6.07, 6.45) is 8.67. The zero-order valence-corrected chi connectivity index (χ0v) is 17.7. The van der Waals surface area contributed by atoms with E-state index in [1.165, 1.54) is 41.7 Å². The predicted octanol–water partition coefficient (Wildman–Crippen LogP) is 3.89. The van der Waals surface area contributed by atoms with E-state index in [-0.39, 0.29) is 5.91 Å². The molecular formula is C22H32N4OS. The number of rotatable bonds is 6. The van der Waals surface area contributed by atoms with Crippen molar-refractivity contribution in [3.8, 4) is 0 Å². The minimum atomic E-state index is 0.203. The molecule has 1 amide bonds. The van der Waals surface area contributed by atoms with E-state index >= 15 is 0 Å². The topological polar surface area (TPSA) is 48.5 Å². The molecule has 5 nitrogen and oxygen atoms in total. The van der Waals surface area contributed by atoms with E-state index in [9.17, 15) is 4.79 Å². The summed E-state index contributed by atoms with van der Waals surface area (Å²) in [5, 5.41) is 6.64. The van der Waals surface area contributed by atoms with Gasteiger partial charge >= 0.3 is 0 Å².